The van der Waals surface area contributed by atoms with Gasteiger partial charge >= 0.3 is 0 Å². The van der Waals surface area contributed by atoms with E-state index in [0.29, 0.717) is 11.8 Å². The van der Waals surface area contributed by atoms with Crippen LogP contribution in [0.4, 0.5) is 0 Å². The molecule has 5 fully saturated rings. The third kappa shape index (κ3) is 1.51. The largest absolute Gasteiger partial charge is 0.310 e. The quantitative estimate of drug-likeness (QED) is 0.727. The second-order valence-corrected chi connectivity index (χ2v) is 7.07. The maximum atomic E-state index is 6.37. The van der Waals surface area contributed by atoms with Crippen LogP contribution in [0.15, 0.2) is 30.3 Å². The Balaban J connectivity index is 1.45. The molecule has 3 nitrogen and oxygen atoms in total. The fourth-order valence-electron chi connectivity index (χ4n) is 5.23. The summed E-state index contributed by atoms with van der Waals surface area (Å²) in [7, 11) is 0. The summed E-state index contributed by atoms with van der Waals surface area (Å²) in [6.45, 7) is 0. The van der Waals surface area contributed by atoms with Gasteiger partial charge in [-0.1, -0.05) is 30.3 Å². The van der Waals surface area contributed by atoms with E-state index in [2.05, 4.69) is 0 Å². The Morgan fingerprint density at radius 1 is 0.850 bits per heavy atom. The minimum atomic E-state index is -0.450. The smallest absolute Gasteiger partial charge is 0.220 e. The van der Waals surface area contributed by atoms with Crippen molar-refractivity contribution in [2.45, 2.75) is 44.2 Å². The topological polar surface area (TPSA) is 27.7 Å². The van der Waals surface area contributed by atoms with Gasteiger partial charge in [0.25, 0.3) is 0 Å². The Bertz CT molecular complexity index is 484. The minimum absolute atomic E-state index is 0.353. The second-order valence-electron chi connectivity index (χ2n) is 7.07. The van der Waals surface area contributed by atoms with E-state index in [4.69, 9.17) is 14.5 Å². The van der Waals surface area contributed by atoms with Gasteiger partial charge in [-0.25, -0.2) is 0 Å². The maximum absolute atomic E-state index is 6.37. The summed E-state index contributed by atoms with van der Waals surface area (Å²) in [5.74, 6) is 2.44. The predicted molar refractivity (Wildman–Crippen MR) is 72.2 cm³/mol. The van der Waals surface area contributed by atoms with E-state index < -0.39 is 5.79 Å². The average Bonchev–Trinajstić information content (AvgIpc) is 2.91. The maximum Gasteiger partial charge on any atom is 0.220 e. The molecule has 6 rings (SSSR count). The van der Waals surface area contributed by atoms with Gasteiger partial charge in [0.1, 0.15) is 0 Å². The lowest BCUT2D eigenvalue weighted by Gasteiger charge is -2.56. The van der Waals surface area contributed by atoms with Crippen LogP contribution in [-0.2, 0) is 14.5 Å². The van der Waals surface area contributed by atoms with Crippen LogP contribution in [0.2, 0.25) is 0 Å². The molecule has 0 aromatic heterocycles. The van der Waals surface area contributed by atoms with Crippen molar-refractivity contribution >= 4 is 0 Å². The van der Waals surface area contributed by atoms with Crippen molar-refractivity contribution in [2.24, 2.45) is 23.7 Å². The number of hydrogen-bond acceptors (Lipinski definition) is 3. The van der Waals surface area contributed by atoms with Crippen molar-refractivity contribution in [3.8, 4) is 0 Å². The van der Waals surface area contributed by atoms with Crippen molar-refractivity contribution in [2.75, 3.05) is 0 Å². The monoisotopic (exact) mass is 272 g/mol. The Morgan fingerprint density at radius 3 is 2.15 bits per heavy atom. The second kappa shape index (κ2) is 4.06. The molecular weight excluding hydrogens is 252 g/mol. The van der Waals surface area contributed by atoms with Gasteiger partial charge in [-0.15, -0.1) is 0 Å². The van der Waals surface area contributed by atoms with Crippen molar-refractivity contribution < 1.29 is 14.5 Å². The first-order valence-electron chi connectivity index (χ1n) is 7.91. The molecule has 5 aliphatic rings. The first-order chi connectivity index (χ1) is 9.83. The van der Waals surface area contributed by atoms with Gasteiger partial charge in [0, 0.05) is 17.4 Å². The average molecular weight is 272 g/mol. The van der Waals surface area contributed by atoms with Crippen LogP contribution in [-0.4, -0.2) is 5.79 Å². The molecule has 1 atom stereocenters. The summed E-state index contributed by atoms with van der Waals surface area (Å²) in [6.07, 6.45) is 6.13. The van der Waals surface area contributed by atoms with E-state index in [9.17, 15) is 0 Å². The third-order valence-electron chi connectivity index (χ3n) is 5.90. The Labute approximate surface area is 119 Å². The van der Waals surface area contributed by atoms with E-state index in [0.717, 1.165) is 17.4 Å². The van der Waals surface area contributed by atoms with Crippen molar-refractivity contribution in [1.82, 2.24) is 0 Å². The Kier molecular flexibility index (Phi) is 2.38. The zero-order valence-corrected chi connectivity index (χ0v) is 11.5. The van der Waals surface area contributed by atoms with Crippen LogP contribution < -0.4 is 0 Å². The molecule has 0 radical (unpaired) electrons. The van der Waals surface area contributed by atoms with Gasteiger partial charge in [-0.3, -0.25) is 0 Å². The van der Waals surface area contributed by atoms with Crippen LogP contribution >= 0.6 is 0 Å². The van der Waals surface area contributed by atoms with E-state index in [1.165, 1.54) is 32.1 Å². The highest BCUT2D eigenvalue weighted by atomic mass is 17.3. The Morgan fingerprint density at radius 2 is 1.50 bits per heavy atom. The summed E-state index contributed by atoms with van der Waals surface area (Å²) in [5, 5.41) is 0. The molecule has 4 saturated carbocycles. The first-order valence-corrected chi connectivity index (χ1v) is 7.91. The minimum Gasteiger partial charge on any atom is -0.310 e. The van der Waals surface area contributed by atoms with E-state index in [1.54, 1.807) is 0 Å². The summed E-state index contributed by atoms with van der Waals surface area (Å²) in [6, 6.07) is 10.1. The lowest BCUT2D eigenvalue weighted by Crippen LogP contribution is -2.58. The lowest BCUT2D eigenvalue weighted by molar-refractivity contribution is -0.383. The van der Waals surface area contributed by atoms with Crippen molar-refractivity contribution in [3.63, 3.8) is 0 Å². The molecule has 1 aromatic rings. The molecule has 1 heterocycles. The summed E-state index contributed by atoms with van der Waals surface area (Å²) < 4.78 is 6.37. The molecule has 1 aliphatic heterocycles. The predicted octanol–water partition coefficient (Wildman–Crippen LogP) is 3.82. The number of hydrogen-bond donors (Lipinski definition) is 0. The van der Waals surface area contributed by atoms with Gasteiger partial charge in [0.2, 0.25) is 12.1 Å². The normalized spacial score (nSPS) is 49.1. The number of benzene rings is 1. The van der Waals surface area contributed by atoms with Gasteiger partial charge in [-0.2, -0.15) is 9.78 Å². The van der Waals surface area contributed by atoms with Crippen LogP contribution in [0.3, 0.4) is 0 Å². The SMILES string of the molecule is c1ccc([C@@H]2OOC3(O2)C2CC4CC(C2)CC3C4)cc1. The Hall–Kier alpha value is -0.900. The third-order valence-corrected chi connectivity index (χ3v) is 5.90. The molecule has 0 unspecified atom stereocenters. The number of rotatable bonds is 1. The standard InChI is InChI=1S/C17H20O3/c1-2-4-13(5-3-1)16-18-17(20-19-16)14-7-11-6-12(9-14)10-15(17)8-11/h1-5,11-12,14-16H,6-10H2/t11?,12?,14?,15?,16-,17?/m0/s1. The highest BCUT2D eigenvalue weighted by molar-refractivity contribution is 5.17. The van der Waals surface area contributed by atoms with E-state index in [-0.39, 0.29) is 6.29 Å². The highest BCUT2D eigenvalue weighted by Gasteiger charge is 2.63. The summed E-state index contributed by atoms with van der Waals surface area (Å²) in [5.41, 5.74) is 1.05. The van der Waals surface area contributed by atoms with Crippen LogP contribution in [0.5, 0.6) is 0 Å². The van der Waals surface area contributed by atoms with E-state index >= 15 is 0 Å². The molecule has 106 valence electrons. The number of ether oxygens (including phenoxy) is 1. The van der Waals surface area contributed by atoms with Gasteiger partial charge < -0.3 is 4.74 Å². The van der Waals surface area contributed by atoms with Gasteiger partial charge in [0.15, 0.2) is 0 Å². The molecule has 3 heteroatoms. The molecule has 4 aliphatic carbocycles. The van der Waals surface area contributed by atoms with Crippen LogP contribution in [0.25, 0.3) is 0 Å². The summed E-state index contributed by atoms with van der Waals surface area (Å²) >= 11 is 0. The van der Waals surface area contributed by atoms with Crippen LogP contribution in [0, 0.1) is 23.7 Å². The van der Waals surface area contributed by atoms with Crippen molar-refractivity contribution in [3.05, 3.63) is 35.9 Å². The fraction of sp³-hybridized carbons (Fsp3) is 0.647. The fourth-order valence-corrected chi connectivity index (χ4v) is 5.23. The molecule has 1 spiro atoms. The van der Waals surface area contributed by atoms with E-state index in [1.807, 2.05) is 30.3 Å². The first kappa shape index (κ1) is 11.7. The van der Waals surface area contributed by atoms with Crippen LogP contribution in [0.1, 0.15) is 44.0 Å². The molecule has 0 N–H and O–H groups in total. The van der Waals surface area contributed by atoms with Gasteiger partial charge in [0.05, 0.1) is 0 Å². The lowest BCUT2D eigenvalue weighted by atomic mass is 9.53. The molecule has 20 heavy (non-hydrogen) atoms. The molecule has 1 saturated heterocycles. The zero-order valence-electron chi connectivity index (χ0n) is 11.5. The summed E-state index contributed by atoms with van der Waals surface area (Å²) in [4.78, 5) is 11.5. The zero-order chi connectivity index (χ0) is 13.2. The molecule has 0 amide bonds. The molecule has 4 bridgehead atoms. The highest BCUT2D eigenvalue weighted by Crippen LogP contribution is 2.62. The molecule has 1 aromatic carbocycles. The molecular formula is C17H20O3. The van der Waals surface area contributed by atoms with Gasteiger partial charge in [-0.05, 0) is 43.9 Å². The van der Waals surface area contributed by atoms with Crippen molar-refractivity contribution in [1.29, 1.82) is 0 Å².